The Balaban J connectivity index is 1.44. The largest absolute Gasteiger partial charge is 0.361 e. The highest BCUT2D eigenvalue weighted by Gasteiger charge is 2.07. The predicted octanol–water partition coefficient (Wildman–Crippen LogP) is 3.48. The number of hydrogen-bond donors (Lipinski definition) is 1. The molecule has 132 valence electrons. The van der Waals surface area contributed by atoms with Crippen molar-refractivity contribution in [1.82, 2.24) is 24.6 Å². The summed E-state index contributed by atoms with van der Waals surface area (Å²) in [6.45, 7) is 2.74. The standard InChI is InChI=1S/C21H23N5/c1-25(13-17-5-3-2-4-6-17)10-9-19-12-23-21-8-7-18(11-20(19)21)14-26-16-22-15-24-26/h2-8,11-12,15-16,23H,9-10,13-14H2,1H3. The molecule has 2 aromatic heterocycles. The summed E-state index contributed by atoms with van der Waals surface area (Å²) in [5.74, 6) is 0. The summed E-state index contributed by atoms with van der Waals surface area (Å²) in [7, 11) is 2.18. The average molecular weight is 345 g/mol. The molecule has 0 aliphatic heterocycles. The first-order valence-electron chi connectivity index (χ1n) is 8.92. The molecule has 26 heavy (non-hydrogen) atoms. The van der Waals surface area contributed by atoms with Gasteiger partial charge in [-0.05, 0) is 42.3 Å². The van der Waals surface area contributed by atoms with Crippen molar-refractivity contribution in [3.63, 3.8) is 0 Å². The third kappa shape index (κ3) is 3.83. The Bertz CT molecular complexity index is 957. The fourth-order valence-corrected chi connectivity index (χ4v) is 3.32. The van der Waals surface area contributed by atoms with Crippen LogP contribution in [0, 0.1) is 0 Å². The summed E-state index contributed by atoms with van der Waals surface area (Å²) < 4.78 is 1.85. The van der Waals surface area contributed by atoms with Gasteiger partial charge in [-0.25, -0.2) is 9.67 Å². The van der Waals surface area contributed by atoms with Gasteiger partial charge in [-0.1, -0.05) is 36.4 Å². The molecule has 1 N–H and O–H groups in total. The smallest absolute Gasteiger partial charge is 0.137 e. The molecule has 5 nitrogen and oxygen atoms in total. The molecular weight excluding hydrogens is 322 g/mol. The lowest BCUT2D eigenvalue weighted by atomic mass is 10.1. The van der Waals surface area contributed by atoms with Crippen LogP contribution in [0.3, 0.4) is 0 Å². The molecule has 0 atom stereocenters. The quantitative estimate of drug-likeness (QED) is 0.558. The highest BCUT2D eigenvalue weighted by Crippen LogP contribution is 2.21. The minimum absolute atomic E-state index is 0.745. The van der Waals surface area contributed by atoms with Gasteiger partial charge >= 0.3 is 0 Å². The molecule has 2 heterocycles. The Morgan fingerprint density at radius 1 is 1.08 bits per heavy atom. The van der Waals surface area contributed by atoms with Gasteiger partial charge in [0, 0.05) is 30.2 Å². The molecule has 0 spiro atoms. The van der Waals surface area contributed by atoms with Crippen molar-refractivity contribution >= 4 is 10.9 Å². The number of fused-ring (bicyclic) bond motifs is 1. The predicted molar refractivity (Wildman–Crippen MR) is 104 cm³/mol. The minimum atomic E-state index is 0.745. The summed E-state index contributed by atoms with van der Waals surface area (Å²) in [4.78, 5) is 9.77. The maximum absolute atomic E-state index is 4.19. The lowest BCUT2D eigenvalue weighted by Crippen LogP contribution is -2.20. The third-order valence-electron chi connectivity index (χ3n) is 4.70. The maximum atomic E-state index is 4.19. The first kappa shape index (κ1) is 16.5. The first-order chi connectivity index (χ1) is 12.8. The van der Waals surface area contributed by atoms with Crippen LogP contribution in [0.4, 0.5) is 0 Å². The maximum Gasteiger partial charge on any atom is 0.137 e. The van der Waals surface area contributed by atoms with Crippen LogP contribution in [0.15, 0.2) is 67.4 Å². The van der Waals surface area contributed by atoms with E-state index in [1.807, 2.05) is 4.68 Å². The second-order valence-electron chi connectivity index (χ2n) is 6.76. The molecule has 0 bridgehead atoms. The van der Waals surface area contributed by atoms with E-state index < -0.39 is 0 Å². The summed E-state index contributed by atoms with van der Waals surface area (Å²) in [5, 5.41) is 5.49. The number of aromatic nitrogens is 4. The Morgan fingerprint density at radius 3 is 2.77 bits per heavy atom. The second kappa shape index (κ2) is 7.54. The van der Waals surface area contributed by atoms with E-state index in [9.17, 15) is 0 Å². The summed E-state index contributed by atoms with van der Waals surface area (Å²) in [6.07, 6.45) is 6.49. The van der Waals surface area contributed by atoms with E-state index in [1.165, 1.54) is 27.6 Å². The van der Waals surface area contributed by atoms with E-state index in [2.05, 4.69) is 81.7 Å². The van der Waals surface area contributed by atoms with Crippen molar-refractivity contribution < 1.29 is 0 Å². The minimum Gasteiger partial charge on any atom is -0.361 e. The number of benzene rings is 2. The molecule has 4 rings (SSSR count). The zero-order chi connectivity index (χ0) is 17.8. The highest BCUT2D eigenvalue weighted by molar-refractivity contribution is 5.83. The van der Waals surface area contributed by atoms with Gasteiger partial charge in [0.1, 0.15) is 12.7 Å². The Hall–Kier alpha value is -2.92. The Kier molecular flexibility index (Phi) is 4.80. The highest BCUT2D eigenvalue weighted by atomic mass is 15.3. The van der Waals surface area contributed by atoms with Gasteiger partial charge in [0.25, 0.3) is 0 Å². The Morgan fingerprint density at radius 2 is 1.96 bits per heavy atom. The zero-order valence-electron chi connectivity index (χ0n) is 15.0. The van der Waals surface area contributed by atoms with Crippen molar-refractivity contribution in [2.75, 3.05) is 13.6 Å². The van der Waals surface area contributed by atoms with Gasteiger partial charge in [-0.15, -0.1) is 0 Å². The molecule has 5 heteroatoms. The van der Waals surface area contributed by atoms with E-state index in [1.54, 1.807) is 12.7 Å². The molecule has 0 unspecified atom stereocenters. The van der Waals surface area contributed by atoms with Crippen molar-refractivity contribution in [3.05, 3.63) is 84.1 Å². The van der Waals surface area contributed by atoms with Crippen LogP contribution in [-0.2, 0) is 19.5 Å². The van der Waals surface area contributed by atoms with Crippen LogP contribution in [0.2, 0.25) is 0 Å². The number of hydrogen-bond acceptors (Lipinski definition) is 3. The molecular formula is C21H23N5. The molecule has 0 fully saturated rings. The summed E-state index contributed by atoms with van der Waals surface area (Å²) in [6, 6.07) is 17.2. The number of rotatable bonds is 7. The van der Waals surface area contributed by atoms with E-state index >= 15 is 0 Å². The fraction of sp³-hybridized carbons (Fsp3) is 0.238. The molecule has 2 aromatic carbocycles. The molecule has 0 saturated carbocycles. The van der Waals surface area contributed by atoms with E-state index in [0.29, 0.717) is 0 Å². The number of nitrogens with zero attached hydrogens (tertiary/aromatic N) is 4. The van der Waals surface area contributed by atoms with Crippen molar-refractivity contribution in [2.24, 2.45) is 0 Å². The zero-order valence-corrected chi connectivity index (χ0v) is 15.0. The van der Waals surface area contributed by atoms with Crippen LogP contribution in [0.25, 0.3) is 10.9 Å². The molecule has 0 amide bonds. The number of nitrogens with one attached hydrogen (secondary N) is 1. The first-order valence-corrected chi connectivity index (χ1v) is 8.92. The molecule has 0 radical (unpaired) electrons. The van der Waals surface area contributed by atoms with Crippen molar-refractivity contribution in [2.45, 2.75) is 19.5 Å². The van der Waals surface area contributed by atoms with Crippen LogP contribution in [0.5, 0.6) is 0 Å². The van der Waals surface area contributed by atoms with Gasteiger partial charge in [0.2, 0.25) is 0 Å². The van der Waals surface area contributed by atoms with Gasteiger partial charge in [0.15, 0.2) is 0 Å². The molecule has 0 saturated heterocycles. The van der Waals surface area contributed by atoms with Gasteiger partial charge in [0.05, 0.1) is 6.54 Å². The monoisotopic (exact) mass is 345 g/mol. The summed E-state index contributed by atoms with van der Waals surface area (Å²) >= 11 is 0. The lowest BCUT2D eigenvalue weighted by molar-refractivity contribution is 0.331. The number of aromatic amines is 1. The SMILES string of the molecule is CN(CCc1c[nH]c2ccc(Cn3cncn3)cc12)Cc1ccccc1. The normalized spacial score (nSPS) is 11.5. The average Bonchev–Trinajstić information content (AvgIpc) is 3.30. The van der Waals surface area contributed by atoms with Crippen molar-refractivity contribution in [1.29, 1.82) is 0 Å². The molecule has 0 aliphatic carbocycles. The van der Waals surface area contributed by atoms with Gasteiger partial charge in [-0.2, -0.15) is 5.10 Å². The molecule has 4 aromatic rings. The van der Waals surface area contributed by atoms with Gasteiger partial charge < -0.3 is 9.88 Å². The van der Waals surface area contributed by atoms with E-state index in [0.717, 1.165) is 26.1 Å². The second-order valence-corrected chi connectivity index (χ2v) is 6.76. The number of H-pyrrole nitrogens is 1. The fourth-order valence-electron chi connectivity index (χ4n) is 3.32. The van der Waals surface area contributed by atoms with Crippen LogP contribution >= 0.6 is 0 Å². The van der Waals surface area contributed by atoms with Crippen LogP contribution in [-0.4, -0.2) is 38.2 Å². The van der Waals surface area contributed by atoms with E-state index in [4.69, 9.17) is 0 Å². The van der Waals surface area contributed by atoms with Crippen LogP contribution in [0.1, 0.15) is 16.7 Å². The lowest BCUT2D eigenvalue weighted by Gasteiger charge is -2.16. The number of likely N-dealkylation sites (N-methyl/N-ethyl adjacent to an activating group) is 1. The topological polar surface area (TPSA) is 49.7 Å². The van der Waals surface area contributed by atoms with Crippen molar-refractivity contribution in [3.8, 4) is 0 Å². The van der Waals surface area contributed by atoms with Crippen LogP contribution < -0.4 is 0 Å². The molecule has 0 aliphatic rings. The Labute approximate surface area is 153 Å². The van der Waals surface area contributed by atoms with Gasteiger partial charge in [-0.3, -0.25) is 0 Å². The summed E-state index contributed by atoms with van der Waals surface area (Å²) in [5.41, 5.74) is 5.14. The third-order valence-corrected chi connectivity index (χ3v) is 4.70. The van der Waals surface area contributed by atoms with E-state index in [-0.39, 0.29) is 0 Å².